The molecule has 6 nitrogen and oxygen atoms in total. The standard InChI is InChI=1S/C23H27ClN4O2/c1-17(2)29-21-9-5-19(6-10-21)16-27-11-13-28(14-12-27)23-25-22(26-30-23)15-18-3-7-20(24)8-4-18/h3-10,17H,11-16H2,1-2H3. The minimum absolute atomic E-state index is 0.195. The minimum Gasteiger partial charge on any atom is -0.491 e. The van der Waals surface area contributed by atoms with Gasteiger partial charge < -0.3 is 14.2 Å². The van der Waals surface area contributed by atoms with Gasteiger partial charge in [0.1, 0.15) is 5.75 Å². The van der Waals surface area contributed by atoms with E-state index >= 15 is 0 Å². The van der Waals surface area contributed by atoms with Crippen molar-refractivity contribution in [3.63, 3.8) is 0 Å². The average Bonchev–Trinajstić information content (AvgIpc) is 3.20. The molecule has 0 atom stereocenters. The molecule has 1 fully saturated rings. The van der Waals surface area contributed by atoms with Crippen LogP contribution in [-0.2, 0) is 13.0 Å². The molecule has 0 unspecified atom stereocenters. The SMILES string of the molecule is CC(C)Oc1ccc(CN2CCN(c3nc(Cc4ccc(Cl)cc4)no3)CC2)cc1. The molecule has 0 amide bonds. The lowest BCUT2D eigenvalue weighted by atomic mass is 10.1. The van der Waals surface area contributed by atoms with Gasteiger partial charge in [-0.2, -0.15) is 4.98 Å². The Hall–Kier alpha value is -2.57. The van der Waals surface area contributed by atoms with E-state index in [4.69, 9.17) is 20.9 Å². The van der Waals surface area contributed by atoms with Crippen molar-refractivity contribution in [3.8, 4) is 5.75 Å². The Kier molecular flexibility index (Phi) is 6.55. The van der Waals surface area contributed by atoms with E-state index in [1.807, 2.05) is 50.2 Å². The lowest BCUT2D eigenvalue weighted by molar-refractivity contribution is 0.239. The molecule has 1 aromatic heterocycles. The first-order chi connectivity index (χ1) is 14.5. The van der Waals surface area contributed by atoms with Crippen LogP contribution < -0.4 is 9.64 Å². The van der Waals surface area contributed by atoms with E-state index in [1.165, 1.54) is 5.56 Å². The van der Waals surface area contributed by atoms with Gasteiger partial charge in [-0.3, -0.25) is 4.90 Å². The van der Waals surface area contributed by atoms with Crippen molar-refractivity contribution in [1.29, 1.82) is 0 Å². The van der Waals surface area contributed by atoms with Gasteiger partial charge in [-0.05, 0) is 49.2 Å². The quantitative estimate of drug-likeness (QED) is 0.557. The van der Waals surface area contributed by atoms with Gasteiger partial charge in [0.2, 0.25) is 0 Å². The molecule has 158 valence electrons. The number of anilines is 1. The first-order valence-electron chi connectivity index (χ1n) is 10.3. The molecule has 3 aromatic rings. The van der Waals surface area contributed by atoms with Gasteiger partial charge in [0.25, 0.3) is 0 Å². The predicted octanol–water partition coefficient (Wildman–Crippen LogP) is 4.42. The normalized spacial score (nSPS) is 15.0. The van der Waals surface area contributed by atoms with Gasteiger partial charge >= 0.3 is 6.01 Å². The molecule has 0 N–H and O–H groups in total. The van der Waals surface area contributed by atoms with E-state index in [-0.39, 0.29) is 6.10 Å². The van der Waals surface area contributed by atoms with E-state index in [9.17, 15) is 0 Å². The Bertz CT molecular complexity index is 933. The number of benzene rings is 2. The number of rotatable bonds is 7. The molecule has 0 saturated carbocycles. The molecule has 1 aliphatic rings. The number of piperazine rings is 1. The summed E-state index contributed by atoms with van der Waals surface area (Å²) >= 11 is 5.94. The van der Waals surface area contributed by atoms with Gasteiger partial charge in [0, 0.05) is 44.2 Å². The number of halogens is 1. The van der Waals surface area contributed by atoms with Gasteiger partial charge in [-0.25, -0.2) is 0 Å². The summed E-state index contributed by atoms with van der Waals surface area (Å²) in [5, 5.41) is 4.87. The van der Waals surface area contributed by atoms with Crippen molar-refractivity contribution >= 4 is 17.6 Å². The summed E-state index contributed by atoms with van der Waals surface area (Å²) in [5.41, 5.74) is 2.41. The van der Waals surface area contributed by atoms with Crippen molar-refractivity contribution in [3.05, 3.63) is 70.5 Å². The van der Waals surface area contributed by atoms with Crippen molar-refractivity contribution in [2.24, 2.45) is 0 Å². The fraction of sp³-hybridized carbons (Fsp3) is 0.391. The first kappa shape index (κ1) is 20.7. The van der Waals surface area contributed by atoms with Crippen LogP contribution in [0, 0.1) is 0 Å². The highest BCUT2D eigenvalue weighted by Crippen LogP contribution is 2.19. The van der Waals surface area contributed by atoms with Gasteiger partial charge in [0.05, 0.1) is 6.10 Å². The maximum Gasteiger partial charge on any atom is 0.324 e. The lowest BCUT2D eigenvalue weighted by Gasteiger charge is -2.33. The monoisotopic (exact) mass is 426 g/mol. The summed E-state index contributed by atoms with van der Waals surface area (Å²) in [4.78, 5) is 9.18. The fourth-order valence-electron chi connectivity index (χ4n) is 3.53. The summed E-state index contributed by atoms with van der Waals surface area (Å²) in [6.07, 6.45) is 0.831. The fourth-order valence-corrected chi connectivity index (χ4v) is 3.66. The zero-order chi connectivity index (χ0) is 20.9. The molecule has 1 aliphatic heterocycles. The van der Waals surface area contributed by atoms with Crippen LogP contribution in [0.2, 0.25) is 5.02 Å². The molecule has 2 heterocycles. The van der Waals surface area contributed by atoms with Crippen LogP contribution >= 0.6 is 11.6 Å². The van der Waals surface area contributed by atoms with Crippen LogP contribution in [0.15, 0.2) is 53.1 Å². The van der Waals surface area contributed by atoms with Crippen molar-refractivity contribution in [1.82, 2.24) is 15.0 Å². The van der Waals surface area contributed by atoms with Crippen LogP contribution in [-0.4, -0.2) is 47.3 Å². The van der Waals surface area contributed by atoms with Gasteiger partial charge in [-0.1, -0.05) is 41.0 Å². The third kappa shape index (κ3) is 5.52. The Morgan fingerprint density at radius 2 is 1.63 bits per heavy atom. The van der Waals surface area contributed by atoms with E-state index in [0.29, 0.717) is 18.3 Å². The van der Waals surface area contributed by atoms with Gasteiger partial charge in [0.15, 0.2) is 5.82 Å². The Labute approximate surface area is 182 Å². The summed E-state index contributed by atoms with van der Waals surface area (Å²) in [6.45, 7) is 8.67. The predicted molar refractivity (Wildman–Crippen MR) is 118 cm³/mol. The van der Waals surface area contributed by atoms with Crippen LogP contribution in [0.1, 0.15) is 30.8 Å². The molecule has 0 radical (unpaired) electrons. The third-order valence-corrected chi connectivity index (χ3v) is 5.33. The number of ether oxygens (including phenoxy) is 1. The zero-order valence-corrected chi connectivity index (χ0v) is 18.2. The van der Waals surface area contributed by atoms with Crippen molar-refractivity contribution in [2.45, 2.75) is 32.9 Å². The van der Waals surface area contributed by atoms with Crippen molar-refractivity contribution < 1.29 is 9.26 Å². The highest BCUT2D eigenvalue weighted by atomic mass is 35.5. The molecule has 2 aromatic carbocycles. The van der Waals surface area contributed by atoms with Crippen LogP contribution in [0.4, 0.5) is 6.01 Å². The first-order valence-corrected chi connectivity index (χ1v) is 10.7. The van der Waals surface area contributed by atoms with Crippen LogP contribution in [0.5, 0.6) is 5.75 Å². The van der Waals surface area contributed by atoms with E-state index in [0.717, 1.165) is 49.1 Å². The number of aromatic nitrogens is 2. The number of hydrogen-bond donors (Lipinski definition) is 0. The van der Waals surface area contributed by atoms with E-state index in [2.05, 4.69) is 32.1 Å². The summed E-state index contributed by atoms with van der Waals surface area (Å²) in [5.74, 6) is 1.61. The Morgan fingerprint density at radius 1 is 0.967 bits per heavy atom. The number of hydrogen-bond acceptors (Lipinski definition) is 6. The van der Waals surface area contributed by atoms with Crippen molar-refractivity contribution in [2.75, 3.05) is 31.1 Å². The molecule has 1 saturated heterocycles. The van der Waals surface area contributed by atoms with Crippen LogP contribution in [0.3, 0.4) is 0 Å². The lowest BCUT2D eigenvalue weighted by Crippen LogP contribution is -2.46. The zero-order valence-electron chi connectivity index (χ0n) is 17.4. The smallest absolute Gasteiger partial charge is 0.324 e. The third-order valence-electron chi connectivity index (χ3n) is 5.08. The van der Waals surface area contributed by atoms with E-state index < -0.39 is 0 Å². The molecular formula is C23H27ClN4O2. The minimum atomic E-state index is 0.195. The molecule has 30 heavy (non-hydrogen) atoms. The second-order valence-corrected chi connectivity index (χ2v) is 8.31. The second-order valence-electron chi connectivity index (χ2n) is 7.87. The molecule has 4 rings (SSSR count). The molecular weight excluding hydrogens is 400 g/mol. The number of nitrogens with zero attached hydrogens (tertiary/aromatic N) is 4. The van der Waals surface area contributed by atoms with Gasteiger partial charge in [-0.15, -0.1) is 0 Å². The maximum atomic E-state index is 5.94. The Morgan fingerprint density at radius 3 is 2.30 bits per heavy atom. The summed E-state index contributed by atoms with van der Waals surface area (Å²) in [7, 11) is 0. The molecule has 0 spiro atoms. The molecule has 0 aliphatic carbocycles. The maximum absolute atomic E-state index is 5.94. The highest BCUT2D eigenvalue weighted by Gasteiger charge is 2.21. The van der Waals surface area contributed by atoms with Crippen LogP contribution in [0.25, 0.3) is 0 Å². The topological polar surface area (TPSA) is 54.6 Å². The summed E-state index contributed by atoms with van der Waals surface area (Å²) < 4.78 is 11.2. The average molecular weight is 427 g/mol. The Balaban J connectivity index is 1.27. The van der Waals surface area contributed by atoms with E-state index in [1.54, 1.807) is 0 Å². The highest BCUT2D eigenvalue weighted by molar-refractivity contribution is 6.30. The largest absolute Gasteiger partial charge is 0.491 e. The second kappa shape index (κ2) is 9.49. The molecule has 0 bridgehead atoms. The molecule has 7 heteroatoms. The summed E-state index contributed by atoms with van der Waals surface area (Å²) in [6, 6.07) is 16.7.